The summed E-state index contributed by atoms with van der Waals surface area (Å²) in [5, 5.41) is 4.69. The van der Waals surface area contributed by atoms with Crippen LogP contribution < -0.4 is 11.1 Å². The molecule has 0 saturated heterocycles. The molecule has 0 bridgehead atoms. The minimum atomic E-state index is -0.389. The summed E-state index contributed by atoms with van der Waals surface area (Å²) in [4.78, 5) is 23.9. The Morgan fingerprint density at radius 3 is 3.00 bits per heavy atom. The van der Waals surface area contributed by atoms with Crippen molar-refractivity contribution in [3.63, 3.8) is 0 Å². The first-order valence-corrected chi connectivity index (χ1v) is 6.93. The van der Waals surface area contributed by atoms with E-state index in [2.05, 4.69) is 5.32 Å². The van der Waals surface area contributed by atoms with Crippen molar-refractivity contribution in [1.29, 1.82) is 0 Å². The zero-order valence-electron chi connectivity index (χ0n) is 10.8. The number of thiophene rings is 1. The van der Waals surface area contributed by atoms with Crippen molar-refractivity contribution in [3.8, 4) is 0 Å². The number of rotatable bonds is 3. The summed E-state index contributed by atoms with van der Waals surface area (Å²) in [7, 11) is 1.66. The fraction of sp³-hybridized carbons (Fsp3) is 0.143. The van der Waals surface area contributed by atoms with E-state index < -0.39 is 0 Å². The Bertz CT molecular complexity index is 815. The van der Waals surface area contributed by atoms with Crippen molar-refractivity contribution in [1.82, 2.24) is 9.88 Å². The van der Waals surface area contributed by atoms with E-state index in [-0.39, 0.29) is 11.7 Å². The van der Waals surface area contributed by atoms with Gasteiger partial charge in [0.15, 0.2) is 5.58 Å². The summed E-state index contributed by atoms with van der Waals surface area (Å²) < 4.78 is 6.56. The molecular weight excluding hydrogens is 276 g/mol. The molecule has 20 heavy (non-hydrogen) atoms. The highest BCUT2D eigenvalue weighted by atomic mass is 32.1. The van der Waals surface area contributed by atoms with Gasteiger partial charge >= 0.3 is 5.76 Å². The Balaban J connectivity index is 1.78. The average molecular weight is 288 g/mol. The van der Waals surface area contributed by atoms with Crippen LogP contribution in [0.2, 0.25) is 0 Å². The molecule has 1 aromatic carbocycles. The molecule has 0 radical (unpaired) electrons. The van der Waals surface area contributed by atoms with Gasteiger partial charge in [-0.1, -0.05) is 12.1 Å². The van der Waals surface area contributed by atoms with Crippen molar-refractivity contribution in [2.75, 3.05) is 0 Å². The second-order valence-electron chi connectivity index (χ2n) is 4.39. The highest BCUT2D eigenvalue weighted by molar-refractivity contribution is 7.12. The normalized spacial score (nSPS) is 10.8. The predicted molar refractivity (Wildman–Crippen MR) is 76.9 cm³/mol. The molecule has 6 heteroatoms. The molecule has 0 atom stereocenters. The monoisotopic (exact) mass is 288 g/mol. The number of amides is 1. The third kappa shape index (κ3) is 2.25. The standard InChI is InChI=1S/C14H12N2O3S/c1-16-10-5-4-9(7-11(10)19-14(16)18)8-15-13(17)12-3-2-6-20-12/h2-7H,8H2,1H3,(H,15,17). The van der Waals surface area contributed by atoms with Gasteiger partial charge in [0.05, 0.1) is 10.4 Å². The minimum Gasteiger partial charge on any atom is -0.408 e. The van der Waals surface area contributed by atoms with Gasteiger partial charge in [-0.3, -0.25) is 9.36 Å². The van der Waals surface area contributed by atoms with Gasteiger partial charge < -0.3 is 9.73 Å². The highest BCUT2D eigenvalue weighted by Crippen LogP contribution is 2.14. The van der Waals surface area contributed by atoms with Crippen molar-refractivity contribution in [3.05, 3.63) is 56.7 Å². The second kappa shape index (κ2) is 4.97. The van der Waals surface area contributed by atoms with E-state index in [0.29, 0.717) is 17.0 Å². The molecular formula is C14H12N2O3S. The van der Waals surface area contributed by atoms with Gasteiger partial charge in [-0.05, 0) is 29.1 Å². The number of hydrogen-bond donors (Lipinski definition) is 1. The van der Waals surface area contributed by atoms with Crippen LogP contribution in [0.25, 0.3) is 11.1 Å². The van der Waals surface area contributed by atoms with Crippen LogP contribution in [0.4, 0.5) is 0 Å². The van der Waals surface area contributed by atoms with Gasteiger partial charge in [-0.2, -0.15) is 0 Å². The summed E-state index contributed by atoms with van der Waals surface area (Å²) in [5.74, 6) is -0.491. The van der Waals surface area contributed by atoms with Gasteiger partial charge in [-0.15, -0.1) is 11.3 Å². The molecule has 0 aliphatic carbocycles. The zero-order chi connectivity index (χ0) is 14.1. The molecule has 0 aliphatic rings. The molecule has 0 aliphatic heterocycles. The number of hydrogen-bond acceptors (Lipinski definition) is 4. The van der Waals surface area contributed by atoms with Crippen LogP contribution in [0.15, 0.2) is 44.9 Å². The summed E-state index contributed by atoms with van der Waals surface area (Å²) in [6.07, 6.45) is 0. The van der Waals surface area contributed by atoms with Crippen molar-refractivity contribution < 1.29 is 9.21 Å². The molecule has 0 spiro atoms. The van der Waals surface area contributed by atoms with Crippen LogP contribution in [0.3, 0.4) is 0 Å². The largest absolute Gasteiger partial charge is 0.419 e. The van der Waals surface area contributed by atoms with Gasteiger partial charge in [0.1, 0.15) is 0 Å². The summed E-state index contributed by atoms with van der Waals surface area (Å²) in [5.41, 5.74) is 2.15. The first kappa shape index (κ1) is 12.7. The lowest BCUT2D eigenvalue weighted by atomic mass is 10.2. The first-order valence-electron chi connectivity index (χ1n) is 6.05. The van der Waals surface area contributed by atoms with E-state index >= 15 is 0 Å². The number of aryl methyl sites for hydroxylation is 1. The number of fused-ring (bicyclic) bond motifs is 1. The van der Waals surface area contributed by atoms with Gasteiger partial charge in [0.2, 0.25) is 0 Å². The number of oxazole rings is 1. The number of carbonyl (C=O) groups is 1. The van der Waals surface area contributed by atoms with E-state index in [0.717, 1.165) is 11.1 Å². The molecule has 0 unspecified atom stereocenters. The van der Waals surface area contributed by atoms with Crippen molar-refractivity contribution >= 4 is 28.3 Å². The van der Waals surface area contributed by atoms with Crippen molar-refractivity contribution in [2.24, 2.45) is 7.05 Å². The third-order valence-corrected chi connectivity index (χ3v) is 3.92. The van der Waals surface area contributed by atoms with E-state index in [1.54, 1.807) is 19.2 Å². The lowest BCUT2D eigenvalue weighted by molar-refractivity contribution is 0.0955. The molecule has 1 N–H and O–H groups in total. The number of benzene rings is 1. The average Bonchev–Trinajstić information content (AvgIpc) is 3.06. The van der Waals surface area contributed by atoms with Crippen LogP contribution in [-0.2, 0) is 13.6 Å². The second-order valence-corrected chi connectivity index (χ2v) is 5.34. The Labute approximate surface area is 118 Å². The molecule has 2 aromatic heterocycles. The maximum absolute atomic E-state index is 11.8. The fourth-order valence-corrected chi connectivity index (χ4v) is 2.61. The summed E-state index contributed by atoms with van der Waals surface area (Å²) in [6, 6.07) is 9.06. The Kier molecular flexibility index (Phi) is 3.15. The van der Waals surface area contributed by atoms with E-state index in [1.807, 2.05) is 23.6 Å². The maximum atomic E-state index is 11.8. The Morgan fingerprint density at radius 2 is 2.25 bits per heavy atom. The van der Waals surface area contributed by atoms with Crippen LogP contribution >= 0.6 is 11.3 Å². The quantitative estimate of drug-likeness (QED) is 0.803. The lowest BCUT2D eigenvalue weighted by Gasteiger charge is -2.03. The number of carbonyl (C=O) groups excluding carboxylic acids is 1. The fourth-order valence-electron chi connectivity index (χ4n) is 1.97. The smallest absolute Gasteiger partial charge is 0.408 e. The number of nitrogens with zero attached hydrogens (tertiary/aromatic N) is 1. The third-order valence-electron chi connectivity index (χ3n) is 3.05. The molecule has 3 rings (SSSR count). The number of nitrogens with one attached hydrogen (secondary N) is 1. The van der Waals surface area contributed by atoms with E-state index in [9.17, 15) is 9.59 Å². The lowest BCUT2D eigenvalue weighted by Crippen LogP contribution is -2.21. The maximum Gasteiger partial charge on any atom is 0.419 e. The minimum absolute atomic E-state index is 0.102. The molecule has 102 valence electrons. The number of aromatic nitrogens is 1. The Hall–Kier alpha value is -2.34. The van der Waals surface area contributed by atoms with Gasteiger partial charge in [0, 0.05) is 13.6 Å². The van der Waals surface area contributed by atoms with Crippen LogP contribution in [0.1, 0.15) is 15.2 Å². The van der Waals surface area contributed by atoms with E-state index in [1.165, 1.54) is 15.9 Å². The van der Waals surface area contributed by atoms with Crippen LogP contribution in [-0.4, -0.2) is 10.5 Å². The highest BCUT2D eigenvalue weighted by Gasteiger charge is 2.08. The van der Waals surface area contributed by atoms with Crippen molar-refractivity contribution in [2.45, 2.75) is 6.54 Å². The first-order chi connectivity index (χ1) is 9.65. The molecule has 0 fully saturated rings. The van der Waals surface area contributed by atoms with E-state index in [4.69, 9.17) is 4.42 Å². The summed E-state index contributed by atoms with van der Waals surface area (Å²) >= 11 is 1.40. The summed E-state index contributed by atoms with van der Waals surface area (Å²) in [6.45, 7) is 0.394. The van der Waals surface area contributed by atoms with Gasteiger partial charge in [-0.25, -0.2) is 4.79 Å². The van der Waals surface area contributed by atoms with Gasteiger partial charge in [0.25, 0.3) is 5.91 Å². The SMILES string of the molecule is Cn1c(=O)oc2cc(CNC(=O)c3cccs3)ccc21. The predicted octanol–water partition coefficient (Wildman–Crippen LogP) is 2.12. The molecule has 2 heterocycles. The molecule has 5 nitrogen and oxygen atoms in total. The zero-order valence-corrected chi connectivity index (χ0v) is 11.6. The topological polar surface area (TPSA) is 64.2 Å². The van der Waals surface area contributed by atoms with Crippen LogP contribution in [0.5, 0.6) is 0 Å². The molecule has 1 amide bonds. The van der Waals surface area contributed by atoms with Crippen LogP contribution in [0, 0.1) is 0 Å². The Morgan fingerprint density at radius 1 is 1.40 bits per heavy atom. The molecule has 0 saturated carbocycles. The molecule has 3 aromatic rings.